The van der Waals surface area contributed by atoms with Gasteiger partial charge in [-0.2, -0.15) is 0 Å². The molecule has 0 aromatic heterocycles. The van der Waals surface area contributed by atoms with Gasteiger partial charge in [0, 0.05) is 64.3 Å². The third-order valence-electron chi connectivity index (χ3n) is 1.13. The number of carbonyl (C=O) groups is 1. The predicted octanol–water partition coefficient (Wildman–Crippen LogP) is 0.705. The number of phenols is 1. The van der Waals surface area contributed by atoms with E-state index >= 15 is 0 Å². The first-order valence-electron chi connectivity index (χ1n) is 2.73. The first-order valence-corrected chi connectivity index (χ1v) is 2.73. The molecule has 6 heteroatoms. The molecule has 0 saturated heterocycles. The molecule has 0 unspecified atom stereocenters. The molecule has 1 radical (unpaired) electrons. The van der Waals surface area contributed by atoms with Crippen LogP contribution in [0.2, 0.25) is 0 Å². The maximum absolute atomic E-state index is 10.3. The summed E-state index contributed by atoms with van der Waals surface area (Å²) in [7, 11) is 0. The van der Waals surface area contributed by atoms with Crippen LogP contribution in [0.5, 0.6) is 5.75 Å². The molecule has 1 rings (SSSR count). The summed E-state index contributed by atoms with van der Waals surface area (Å²) in [6.45, 7) is 0. The zero-order valence-corrected chi connectivity index (χ0v) is 11.5. The van der Waals surface area contributed by atoms with Gasteiger partial charge in [-0.15, -0.1) is 0 Å². The summed E-state index contributed by atoms with van der Waals surface area (Å²) < 4.78 is 0. The van der Waals surface area contributed by atoms with E-state index in [1.807, 2.05) is 0 Å². The van der Waals surface area contributed by atoms with Gasteiger partial charge in [0.2, 0.25) is 0 Å². The van der Waals surface area contributed by atoms with Crippen molar-refractivity contribution in [1.29, 1.82) is 0 Å². The summed E-state index contributed by atoms with van der Waals surface area (Å²) in [6.07, 6.45) is 0. The molecular weight excluding hydrogens is 259 g/mol. The summed E-state index contributed by atoms with van der Waals surface area (Å²) in [5.41, 5.74) is -0.0671. The Balaban J connectivity index is -0.000000333. The molecule has 0 heterocycles. The number of aromatic hydroxyl groups is 1. The van der Waals surface area contributed by atoms with E-state index in [2.05, 4.69) is 0 Å². The van der Waals surface area contributed by atoms with Crippen LogP contribution in [0.15, 0.2) is 24.3 Å². The van der Waals surface area contributed by atoms with Gasteiger partial charge in [-0.1, -0.05) is 12.1 Å². The third-order valence-corrected chi connectivity index (χ3v) is 1.13. The average molecular weight is 265 g/mol. The second-order valence-electron chi connectivity index (χ2n) is 1.82. The zero-order chi connectivity index (χ0) is 7.56. The van der Waals surface area contributed by atoms with Crippen LogP contribution in [0.25, 0.3) is 0 Å². The van der Waals surface area contributed by atoms with Crippen molar-refractivity contribution in [3.63, 3.8) is 0 Å². The molecule has 0 amide bonds. The molecule has 0 aliphatic rings. The normalized spacial score (nSPS) is 7.08. The maximum Gasteiger partial charge on any atom is 0.339 e. The van der Waals surface area contributed by atoms with Crippen LogP contribution in [0.1, 0.15) is 10.4 Å². The van der Waals surface area contributed by atoms with Crippen LogP contribution >= 0.6 is 0 Å². The van der Waals surface area contributed by atoms with Crippen LogP contribution in [-0.4, -0.2) is 45.7 Å². The summed E-state index contributed by atoms with van der Waals surface area (Å²) in [4.78, 5) is 10.3. The van der Waals surface area contributed by atoms with Crippen LogP contribution in [0.3, 0.4) is 0 Å². The zero-order valence-electron chi connectivity index (χ0n) is 6.93. The Morgan fingerprint density at radius 3 is 1.92 bits per heavy atom. The number of hydrogen-bond donors (Lipinski definition) is 2. The van der Waals surface area contributed by atoms with Gasteiger partial charge in [0.15, 0.2) is 0 Å². The number of aromatic carboxylic acids is 1. The Kier molecular flexibility index (Phi) is 13.5. The fourth-order valence-electron chi connectivity index (χ4n) is 0.654. The van der Waals surface area contributed by atoms with E-state index < -0.39 is 5.97 Å². The Hall–Kier alpha value is 0.555. The molecule has 1 aromatic carbocycles. The second kappa shape index (κ2) is 9.12. The first-order chi connectivity index (χ1) is 4.72. The summed E-state index contributed by atoms with van der Waals surface area (Å²) in [6, 6.07) is 5.81. The first kappa shape index (κ1) is 19.2. The van der Waals surface area contributed by atoms with Gasteiger partial charge in [0.05, 0.1) is 0 Å². The Morgan fingerprint density at radius 1 is 1.15 bits per heavy atom. The van der Waals surface area contributed by atoms with E-state index in [4.69, 9.17) is 10.2 Å². The monoisotopic (exact) mass is 265 g/mol. The van der Waals surface area contributed by atoms with Crippen LogP contribution < -0.4 is 0 Å². The predicted molar refractivity (Wildman–Crippen MR) is 40.8 cm³/mol. The van der Waals surface area contributed by atoms with Crippen LogP contribution in [-0.2, 0) is 34.7 Å². The minimum Gasteiger partial charge on any atom is -0.507 e. The minimum atomic E-state index is -1.11. The SMILES string of the molecule is O=C(O)c1ccccc1O.[Cr].[Cr].[Na]. The number of carboxylic acid groups (broad SMARTS) is 1. The standard InChI is InChI=1S/C7H6O3.2Cr.Na/c8-6-4-2-1-3-5(6)7(9)10;;;/h1-4,8H,(H,9,10);;;. The Morgan fingerprint density at radius 2 is 1.62 bits per heavy atom. The van der Waals surface area contributed by atoms with E-state index in [9.17, 15) is 4.79 Å². The number of rotatable bonds is 1. The third kappa shape index (κ3) is 5.78. The number of hydrogen-bond acceptors (Lipinski definition) is 2. The van der Waals surface area contributed by atoms with E-state index in [0.29, 0.717) is 0 Å². The van der Waals surface area contributed by atoms with Crippen molar-refractivity contribution in [3.05, 3.63) is 29.8 Å². The molecule has 0 fully saturated rings. The fourth-order valence-corrected chi connectivity index (χ4v) is 0.654. The van der Waals surface area contributed by atoms with Gasteiger partial charge in [0.1, 0.15) is 11.3 Å². The molecule has 2 N–H and O–H groups in total. The van der Waals surface area contributed by atoms with Gasteiger partial charge in [-0.05, 0) is 12.1 Å². The molecule has 0 aliphatic carbocycles. The molecule has 0 bridgehead atoms. The molecular formula is C7H6Cr2NaO3. The summed E-state index contributed by atoms with van der Waals surface area (Å²) in [5.74, 6) is -1.31. The number of benzene rings is 1. The number of para-hydroxylation sites is 1. The molecule has 0 saturated carbocycles. The topological polar surface area (TPSA) is 57.5 Å². The molecule has 3 nitrogen and oxygen atoms in total. The summed E-state index contributed by atoms with van der Waals surface area (Å²) in [5, 5.41) is 17.3. The summed E-state index contributed by atoms with van der Waals surface area (Å²) >= 11 is 0. The molecule has 13 heavy (non-hydrogen) atoms. The average Bonchev–Trinajstić information content (AvgIpc) is 1.88. The van der Waals surface area contributed by atoms with Crippen molar-refractivity contribution in [3.8, 4) is 5.75 Å². The van der Waals surface area contributed by atoms with Crippen molar-refractivity contribution in [2.45, 2.75) is 0 Å². The second-order valence-corrected chi connectivity index (χ2v) is 1.82. The smallest absolute Gasteiger partial charge is 0.339 e. The van der Waals surface area contributed by atoms with Crippen molar-refractivity contribution in [2.75, 3.05) is 0 Å². The van der Waals surface area contributed by atoms with Gasteiger partial charge < -0.3 is 10.2 Å². The van der Waals surface area contributed by atoms with Crippen molar-refractivity contribution >= 4 is 35.5 Å². The van der Waals surface area contributed by atoms with Crippen molar-refractivity contribution in [2.24, 2.45) is 0 Å². The molecule has 0 spiro atoms. The molecule has 1 aromatic rings. The number of carboxylic acids is 1. The fraction of sp³-hybridized carbons (Fsp3) is 0. The van der Waals surface area contributed by atoms with E-state index in [-0.39, 0.29) is 75.6 Å². The van der Waals surface area contributed by atoms with Gasteiger partial charge in [0.25, 0.3) is 0 Å². The Bertz CT molecular complexity index is 268. The van der Waals surface area contributed by atoms with Crippen LogP contribution in [0.4, 0.5) is 0 Å². The molecule has 0 atom stereocenters. The van der Waals surface area contributed by atoms with E-state index in [1.54, 1.807) is 12.1 Å². The molecule has 65 valence electrons. The minimum absolute atomic E-state index is 0. The van der Waals surface area contributed by atoms with Crippen molar-refractivity contribution < 1.29 is 49.7 Å². The van der Waals surface area contributed by atoms with E-state index in [1.165, 1.54) is 12.1 Å². The van der Waals surface area contributed by atoms with Gasteiger partial charge in [-0.3, -0.25) is 0 Å². The van der Waals surface area contributed by atoms with E-state index in [0.717, 1.165) is 0 Å². The van der Waals surface area contributed by atoms with Crippen LogP contribution in [0, 0.1) is 0 Å². The Labute approximate surface area is 120 Å². The van der Waals surface area contributed by atoms with Gasteiger partial charge >= 0.3 is 5.97 Å². The largest absolute Gasteiger partial charge is 0.507 e. The van der Waals surface area contributed by atoms with Crippen molar-refractivity contribution in [1.82, 2.24) is 0 Å². The molecule has 0 aliphatic heterocycles. The van der Waals surface area contributed by atoms with Gasteiger partial charge in [-0.25, -0.2) is 4.79 Å². The maximum atomic E-state index is 10.3. The quantitative estimate of drug-likeness (QED) is 0.735.